The Kier molecular flexibility index (Phi) is 43.9. The van der Waals surface area contributed by atoms with E-state index in [1.54, 1.807) is 0 Å². The van der Waals surface area contributed by atoms with E-state index in [9.17, 15) is 25.2 Å². The van der Waals surface area contributed by atoms with Crippen LogP contribution in [0.4, 0.5) is 0 Å². The fourth-order valence-electron chi connectivity index (χ4n) is 7.73. The molecule has 0 aliphatic heterocycles. The second-order valence-corrected chi connectivity index (χ2v) is 17.2. The maximum absolute atomic E-state index is 12.5. The van der Waals surface area contributed by atoms with Crippen LogP contribution in [0, 0.1) is 0 Å². The third-order valence-electron chi connectivity index (χ3n) is 11.7. The molecule has 5 N–H and O–H groups in total. The van der Waals surface area contributed by atoms with Crippen LogP contribution in [0.15, 0.2) is 24.3 Å². The van der Waals surface area contributed by atoms with Gasteiger partial charge in [-0.25, -0.2) is 0 Å². The van der Waals surface area contributed by atoms with Gasteiger partial charge < -0.3 is 25.7 Å². The Labute approximate surface area is 348 Å². The first-order chi connectivity index (χ1) is 27.5. The molecule has 0 saturated carbocycles. The first-order valence-electron chi connectivity index (χ1n) is 24.7. The van der Waals surface area contributed by atoms with Crippen molar-refractivity contribution in [1.29, 1.82) is 0 Å². The number of rotatable bonds is 45. The fourth-order valence-corrected chi connectivity index (χ4v) is 7.73. The Balaban J connectivity index is 3.53. The van der Waals surface area contributed by atoms with E-state index < -0.39 is 36.9 Å². The van der Waals surface area contributed by atoms with Gasteiger partial charge in [0.25, 0.3) is 0 Å². The highest BCUT2D eigenvalue weighted by molar-refractivity contribution is 5.80. The van der Waals surface area contributed by atoms with Crippen molar-refractivity contribution in [2.24, 2.45) is 0 Å². The minimum absolute atomic E-state index is 0.371. The summed E-state index contributed by atoms with van der Waals surface area (Å²) in [6, 6.07) is -0.981. The number of carbonyl (C=O) groups is 1. The highest BCUT2D eigenvalue weighted by Crippen LogP contribution is 2.17. The van der Waals surface area contributed by atoms with Crippen LogP contribution in [0.1, 0.15) is 258 Å². The lowest BCUT2D eigenvalue weighted by Gasteiger charge is -2.27. The monoisotopic (exact) mass is 792 g/mol. The Hall–Kier alpha value is -1.21. The number of hydrogen-bond donors (Lipinski definition) is 5. The van der Waals surface area contributed by atoms with Gasteiger partial charge in [-0.3, -0.25) is 4.79 Å². The van der Waals surface area contributed by atoms with Crippen molar-refractivity contribution in [3.05, 3.63) is 24.3 Å². The van der Waals surface area contributed by atoms with E-state index >= 15 is 0 Å². The van der Waals surface area contributed by atoms with Crippen LogP contribution >= 0.6 is 0 Å². The molecule has 0 aliphatic carbocycles. The number of unbranched alkanes of at least 4 members (excludes halogenated alkanes) is 32. The van der Waals surface area contributed by atoms with Crippen molar-refractivity contribution in [3.63, 3.8) is 0 Å². The molecule has 0 aromatic rings. The van der Waals surface area contributed by atoms with Crippen molar-refractivity contribution in [2.75, 3.05) is 6.61 Å². The molecule has 0 radical (unpaired) electrons. The number of hydrogen-bond acceptors (Lipinski definition) is 5. The van der Waals surface area contributed by atoms with Gasteiger partial charge in [0.15, 0.2) is 0 Å². The number of aliphatic hydroxyl groups is 4. The van der Waals surface area contributed by atoms with Gasteiger partial charge in [0.05, 0.1) is 18.8 Å². The second-order valence-electron chi connectivity index (χ2n) is 17.2. The van der Waals surface area contributed by atoms with Crippen LogP contribution in [0.5, 0.6) is 0 Å². The van der Waals surface area contributed by atoms with Crippen LogP contribution < -0.4 is 5.32 Å². The first-order valence-corrected chi connectivity index (χ1v) is 24.7. The summed E-state index contributed by atoms with van der Waals surface area (Å²) in [6.07, 6.45) is 52.6. The van der Waals surface area contributed by atoms with Gasteiger partial charge in [-0.2, -0.15) is 0 Å². The number of amides is 1. The third kappa shape index (κ3) is 38.3. The molecule has 0 rings (SSSR count). The summed E-state index contributed by atoms with van der Waals surface area (Å²) in [4.78, 5) is 12.5. The van der Waals surface area contributed by atoms with Gasteiger partial charge in [0, 0.05) is 0 Å². The number of allylic oxidation sites excluding steroid dienone is 4. The Morgan fingerprint density at radius 2 is 0.768 bits per heavy atom. The Morgan fingerprint density at radius 1 is 0.446 bits per heavy atom. The molecule has 0 bridgehead atoms. The first kappa shape index (κ1) is 54.8. The highest BCUT2D eigenvalue weighted by Gasteiger charge is 2.28. The van der Waals surface area contributed by atoms with Crippen LogP contribution in [-0.4, -0.2) is 57.3 Å². The average Bonchev–Trinajstić information content (AvgIpc) is 3.20. The minimum Gasteiger partial charge on any atom is -0.394 e. The summed E-state index contributed by atoms with van der Waals surface area (Å²) >= 11 is 0. The van der Waals surface area contributed by atoms with Crippen molar-refractivity contribution in [1.82, 2.24) is 5.32 Å². The van der Waals surface area contributed by atoms with Crippen molar-refractivity contribution in [3.8, 4) is 0 Å². The summed E-state index contributed by atoms with van der Waals surface area (Å²) in [5.41, 5.74) is 0. The number of aliphatic hydroxyl groups excluding tert-OH is 4. The summed E-state index contributed by atoms with van der Waals surface area (Å²) < 4.78 is 0. The molecule has 6 heteroatoms. The molecule has 4 unspecified atom stereocenters. The van der Waals surface area contributed by atoms with Gasteiger partial charge >= 0.3 is 0 Å². The van der Waals surface area contributed by atoms with E-state index in [0.717, 1.165) is 44.9 Å². The zero-order valence-electron chi connectivity index (χ0n) is 37.4. The molecule has 0 aromatic heterocycles. The number of nitrogens with one attached hydrogen (secondary N) is 1. The molecule has 6 nitrogen and oxygen atoms in total. The fraction of sp³-hybridized carbons (Fsp3) is 0.900. The molecule has 0 saturated heterocycles. The van der Waals surface area contributed by atoms with E-state index in [2.05, 4.69) is 43.5 Å². The van der Waals surface area contributed by atoms with E-state index in [1.165, 1.54) is 186 Å². The van der Waals surface area contributed by atoms with E-state index in [-0.39, 0.29) is 0 Å². The molecule has 0 spiro atoms. The Bertz CT molecular complexity index is 847. The van der Waals surface area contributed by atoms with E-state index in [0.29, 0.717) is 12.8 Å². The molecular weight excluding hydrogens is 695 g/mol. The van der Waals surface area contributed by atoms with Crippen LogP contribution in [0.2, 0.25) is 0 Å². The van der Waals surface area contributed by atoms with Gasteiger partial charge in [0.1, 0.15) is 12.2 Å². The zero-order valence-corrected chi connectivity index (χ0v) is 37.4. The predicted molar refractivity (Wildman–Crippen MR) is 242 cm³/mol. The molecule has 0 fully saturated rings. The molecule has 1 amide bonds. The molecule has 56 heavy (non-hydrogen) atoms. The van der Waals surface area contributed by atoms with Gasteiger partial charge in [-0.1, -0.05) is 237 Å². The standard InChI is InChI=1S/C50H97NO5/c1-3-5-7-9-11-13-14-15-16-17-18-19-20-21-22-23-24-25-26-27-28-29-30-31-32-33-34-35-36-38-40-42-44-48(54)50(56)51-46(45-52)49(55)47(53)43-41-39-37-12-10-8-6-4-2/h18-19,21-22,46-49,52-55H,3-17,20,23-45H2,1-2H3,(H,51,56)/b19-18-,22-21-. The SMILES string of the molecule is CCCCCCCCCCC/C=C\C/C=C\CCCCCCCCCCCCCCCCCCC(O)C(=O)NC(CO)C(O)C(O)CCCCCCCCCC. The average molecular weight is 792 g/mol. The maximum Gasteiger partial charge on any atom is 0.249 e. The topological polar surface area (TPSA) is 110 Å². The van der Waals surface area contributed by atoms with Gasteiger partial charge in [0.2, 0.25) is 5.91 Å². The van der Waals surface area contributed by atoms with Gasteiger partial charge in [-0.15, -0.1) is 0 Å². The second kappa shape index (κ2) is 44.9. The van der Waals surface area contributed by atoms with E-state index in [1.807, 2.05) is 0 Å². The van der Waals surface area contributed by atoms with Crippen molar-refractivity contribution < 1.29 is 25.2 Å². The summed E-state index contributed by atoms with van der Waals surface area (Å²) in [6.45, 7) is 4.02. The lowest BCUT2D eigenvalue weighted by atomic mass is 9.99. The molecular formula is C50H97NO5. The largest absolute Gasteiger partial charge is 0.394 e. The smallest absolute Gasteiger partial charge is 0.249 e. The summed E-state index contributed by atoms with van der Waals surface area (Å²) in [7, 11) is 0. The molecule has 4 atom stereocenters. The van der Waals surface area contributed by atoms with Crippen LogP contribution in [0.3, 0.4) is 0 Å². The Morgan fingerprint density at radius 3 is 1.12 bits per heavy atom. The normalized spacial score (nSPS) is 14.2. The van der Waals surface area contributed by atoms with Crippen molar-refractivity contribution >= 4 is 5.91 Å². The van der Waals surface area contributed by atoms with Crippen molar-refractivity contribution in [2.45, 2.75) is 282 Å². The molecule has 0 aromatic carbocycles. The minimum atomic E-state index is -1.25. The summed E-state index contributed by atoms with van der Waals surface area (Å²) in [5.74, 6) is -0.584. The predicted octanol–water partition coefficient (Wildman–Crippen LogP) is 13.5. The quantitative estimate of drug-likeness (QED) is 0.0312. The van der Waals surface area contributed by atoms with E-state index in [4.69, 9.17) is 0 Å². The third-order valence-corrected chi connectivity index (χ3v) is 11.7. The lowest BCUT2D eigenvalue weighted by Crippen LogP contribution is -2.53. The lowest BCUT2D eigenvalue weighted by molar-refractivity contribution is -0.132. The van der Waals surface area contributed by atoms with Gasteiger partial charge in [-0.05, 0) is 44.9 Å². The van der Waals surface area contributed by atoms with Crippen LogP contribution in [-0.2, 0) is 4.79 Å². The summed E-state index contributed by atoms with van der Waals surface area (Å²) in [5, 5.41) is 43.5. The molecule has 332 valence electrons. The maximum atomic E-state index is 12.5. The van der Waals surface area contributed by atoms with Crippen LogP contribution in [0.25, 0.3) is 0 Å². The molecule has 0 aliphatic rings. The zero-order chi connectivity index (χ0) is 41.0. The number of carbonyl (C=O) groups excluding carboxylic acids is 1. The highest BCUT2D eigenvalue weighted by atomic mass is 16.3. The molecule has 0 heterocycles.